The number of hydrogen-bond acceptors (Lipinski definition) is 4. The molecule has 5 heteroatoms. The van der Waals surface area contributed by atoms with Crippen LogP contribution in [0.15, 0.2) is 0 Å². The van der Waals surface area contributed by atoms with Gasteiger partial charge in [0.2, 0.25) is 5.91 Å². The number of hydrogen-bond donors (Lipinski definition) is 2. The van der Waals surface area contributed by atoms with Gasteiger partial charge in [0.25, 0.3) is 0 Å². The molecule has 1 heterocycles. The van der Waals surface area contributed by atoms with Crippen molar-refractivity contribution in [2.75, 3.05) is 13.1 Å². The number of rotatable bonds is 3. The molecule has 1 saturated carbocycles. The van der Waals surface area contributed by atoms with Crippen LogP contribution in [0, 0.1) is 5.41 Å². The minimum Gasteiger partial charge on any atom is -0.331 e. The lowest BCUT2D eigenvalue weighted by Crippen LogP contribution is -2.46. The van der Waals surface area contributed by atoms with E-state index in [-0.39, 0.29) is 29.7 Å². The molecule has 1 saturated heterocycles. The van der Waals surface area contributed by atoms with Gasteiger partial charge in [-0.3, -0.25) is 9.59 Å². The van der Waals surface area contributed by atoms with E-state index in [9.17, 15) is 9.59 Å². The van der Waals surface area contributed by atoms with E-state index in [0.29, 0.717) is 6.54 Å². The van der Waals surface area contributed by atoms with Gasteiger partial charge in [0.1, 0.15) is 0 Å². The summed E-state index contributed by atoms with van der Waals surface area (Å²) in [5.74, 6) is -0.127. The Hall–Kier alpha value is -0.940. The zero-order chi connectivity index (χ0) is 11.1. The second kappa shape index (κ2) is 3.57. The highest BCUT2D eigenvalue weighted by molar-refractivity contribution is 5.90. The van der Waals surface area contributed by atoms with E-state index >= 15 is 0 Å². The van der Waals surface area contributed by atoms with Crippen LogP contribution in [0.5, 0.6) is 0 Å². The molecule has 2 aliphatic rings. The van der Waals surface area contributed by atoms with Crippen LogP contribution in [0.25, 0.3) is 0 Å². The summed E-state index contributed by atoms with van der Waals surface area (Å²) in [5, 5.41) is 8.49. The summed E-state index contributed by atoms with van der Waals surface area (Å²) < 4.78 is 0. The zero-order valence-corrected chi connectivity index (χ0v) is 8.82. The second-order valence-electron chi connectivity index (χ2n) is 4.55. The molecule has 1 atom stereocenters. The predicted molar refractivity (Wildman–Crippen MR) is 52.3 cm³/mol. The first-order valence-electron chi connectivity index (χ1n) is 5.28. The van der Waals surface area contributed by atoms with Crippen LogP contribution < -0.4 is 5.48 Å². The van der Waals surface area contributed by atoms with Crippen LogP contribution in [0.1, 0.15) is 26.2 Å². The van der Waals surface area contributed by atoms with Crippen molar-refractivity contribution in [1.82, 2.24) is 10.4 Å². The largest absolute Gasteiger partial charge is 0.331 e. The molecule has 1 aliphatic heterocycles. The fourth-order valence-electron chi connectivity index (χ4n) is 2.71. The first kappa shape index (κ1) is 10.6. The predicted octanol–water partition coefficient (Wildman–Crippen LogP) is -0.0647. The van der Waals surface area contributed by atoms with Gasteiger partial charge in [0.15, 0.2) is 5.78 Å². The Kier molecular flexibility index (Phi) is 2.52. The van der Waals surface area contributed by atoms with Crippen molar-refractivity contribution in [1.29, 1.82) is 0 Å². The summed E-state index contributed by atoms with van der Waals surface area (Å²) in [6, 6.07) is -0.252. The Morgan fingerprint density at radius 3 is 2.60 bits per heavy atom. The first-order valence-corrected chi connectivity index (χ1v) is 5.28. The second-order valence-corrected chi connectivity index (χ2v) is 4.55. The van der Waals surface area contributed by atoms with Crippen LogP contribution >= 0.6 is 0 Å². The van der Waals surface area contributed by atoms with Crippen molar-refractivity contribution >= 4 is 11.7 Å². The average Bonchev–Trinajstić information content (AvgIpc) is 2.78. The Bertz CT molecular complexity index is 299. The van der Waals surface area contributed by atoms with E-state index in [1.807, 2.05) is 5.48 Å². The molecule has 0 bridgehead atoms. The molecule has 0 radical (unpaired) electrons. The van der Waals surface area contributed by atoms with Gasteiger partial charge in [-0.2, -0.15) is 5.48 Å². The summed E-state index contributed by atoms with van der Waals surface area (Å²) >= 11 is 0. The minimum atomic E-state index is -0.252. The van der Waals surface area contributed by atoms with Crippen molar-refractivity contribution in [2.45, 2.75) is 32.2 Å². The highest BCUT2D eigenvalue weighted by Crippen LogP contribution is 2.57. The van der Waals surface area contributed by atoms with Crippen molar-refractivity contribution in [3.63, 3.8) is 0 Å². The molecule has 2 rings (SSSR count). The van der Waals surface area contributed by atoms with E-state index in [0.717, 1.165) is 19.3 Å². The third-order valence-corrected chi connectivity index (χ3v) is 3.57. The number of nitrogens with one attached hydrogen (secondary N) is 1. The quantitative estimate of drug-likeness (QED) is 0.643. The number of carbonyl (C=O) groups is 2. The molecule has 0 aromatic rings. The van der Waals surface area contributed by atoms with E-state index in [1.165, 1.54) is 0 Å². The van der Waals surface area contributed by atoms with Gasteiger partial charge in [-0.1, -0.05) is 0 Å². The fourth-order valence-corrected chi connectivity index (χ4v) is 2.71. The molecule has 84 valence electrons. The molecule has 5 nitrogen and oxygen atoms in total. The Morgan fingerprint density at radius 1 is 1.47 bits per heavy atom. The van der Waals surface area contributed by atoms with Gasteiger partial charge >= 0.3 is 0 Å². The molecule has 2 fully saturated rings. The van der Waals surface area contributed by atoms with E-state index in [2.05, 4.69) is 0 Å². The fraction of sp³-hybridized carbons (Fsp3) is 0.800. The monoisotopic (exact) mass is 212 g/mol. The molecule has 0 aromatic heterocycles. The lowest BCUT2D eigenvalue weighted by atomic mass is 9.94. The topological polar surface area (TPSA) is 69.6 Å². The third kappa shape index (κ3) is 1.66. The molecule has 2 N–H and O–H groups in total. The maximum absolute atomic E-state index is 11.6. The van der Waals surface area contributed by atoms with Gasteiger partial charge in [0.05, 0.1) is 12.6 Å². The van der Waals surface area contributed by atoms with Crippen LogP contribution in [-0.2, 0) is 9.59 Å². The Labute approximate surface area is 88.4 Å². The maximum Gasteiger partial charge on any atom is 0.239 e. The van der Waals surface area contributed by atoms with Crippen molar-refractivity contribution < 1.29 is 14.8 Å². The zero-order valence-electron chi connectivity index (χ0n) is 8.82. The summed E-state index contributed by atoms with van der Waals surface area (Å²) in [5.41, 5.74) is 1.93. The standard InChI is InChI=1S/C10H16N2O3/c1-7(13)9-10(2-3-10)4-5-12(9)8(14)6-11-15/h9,11,15H,2-6H2,1H3/t9-/m1/s1. The van der Waals surface area contributed by atoms with Crippen LogP contribution in [0.2, 0.25) is 0 Å². The average molecular weight is 212 g/mol. The van der Waals surface area contributed by atoms with Gasteiger partial charge in [-0.25, -0.2) is 0 Å². The van der Waals surface area contributed by atoms with Crippen molar-refractivity contribution in [3.8, 4) is 0 Å². The van der Waals surface area contributed by atoms with Gasteiger partial charge in [-0.05, 0) is 31.6 Å². The Morgan fingerprint density at radius 2 is 2.13 bits per heavy atom. The number of ketones is 1. The SMILES string of the molecule is CC(=O)[C@H]1N(C(=O)CNO)CCC12CC2. The lowest BCUT2D eigenvalue weighted by Gasteiger charge is -2.25. The molecule has 1 spiro atoms. The van der Waals surface area contributed by atoms with Gasteiger partial charge in [-0.15, -0.1) is 0 Å². The number of Topliss-reactive ketones (excluding diaryl/α,β-unsaturated/α-hetero) is 1. The minimum absolute atomic E-state index is 0.0660. The molecule has 15 heavy (non-hydrogen) atoms. The third-order valence-electron chi connectivity index (χ3n) is 3.57. The van der Waals surface area contributed by atoms with E-state index in [4.69, 9.17) is 5.21 Å². The molecule has 0 aromatic carbocycles. The van der Waals surface area contributed by atoms with Crippen LogP contribution in [-0.4, -0.2) is 40.9 Å². The number of likely N-dealkylation sites (tertiary alicyclic amines) is 1. The highest BCUT2D eigenvalue weighted by atomic mass is 16.5. The molecule has 0 unspecified atom stereocenters. The van der Waals surface area contributed by atoms with Crippen molar-refractivity contribution in [3.05, 3.63) is 0 Å². The molecule has 1 aliphatic carbocycles. The number of carbonyl (C=O) groups excluding carboxylic acids is 2. The van der Waals surface area contributed by atoms with E-state index in [1.54, 1.807) is 11.8 Å². The smallest absolute Gasteiger partial charge is 0.239 e. The number of nitrogens with zero attached hydrogens (tertiary/aromatic N) is 1. The summed E-state index contributed by atoms with van der Waals surface area (Å²) in [6.45, 7) is 2.08. The summed E-state index contributed by atoms with van der Waals surface area (Å²) in [6.07, 6.45) is 3.02. The van der Waals surface area contributed by atoms with Crippen molar-refractivity contribution in [2.24, 2.45) is 5.41 Å². The Balaban J connectivity index is 2.12. The highest BCUT2D eigenvalue weighted by Gasteiger charge is 2.58. The van der Waals surface area contributed by atoms with Gasteiger partial charge in [0, 0.05) is 6.54 Å². The van der Waals surface area contributed by atoms with E-state index < -0.39 is 0 Å². The normalized spacial score (nSPS) is 27.1. The summed E-state index contributed by atoms with van der Waals surface area (Å²) in [4.78, 5) is 24.8. The number of hydroxylamine groups is 1. The molecular weight excluding hydrogens is 196 g/mol. The molecule has 1 amide bonds. The lowest BCUT2D eigenvalue weighted by molar-refractivity contribution is -0.138. The van der Waals surface area contributed by atoms with Gasteiger partial charge < -0.3 is 10.1 Å². The van der Waals surface area contributed by atoms with Crippen LogP contribution in [0.4, 0.5) is 0 Å². The maximum atomic E-state index is 11.6. The summed E-state index contributed by atoms with van der Waals surface area (Å²) in [7, 11) is 0. The number of amides is 1. The molecular formula is C10H16N2O3. The van der Waals surface area contributed by atoms with Crippen LogP contribution in [0.3, 0.4) is 0 Å². The first-order chi connectivity index (χ1) is 7.10.